The van der Waals surface area contributed by atoms with Gasteiger partial charge in [-0.25, -0.2) is 0 Å². The Balaban J connectivity index is 1.80. The summed E-state index contributed by atoms with van der Waals surface area (Å²) in [5, 5.41) is 13.5. The van der Waals surface area contributed by atoms with Crippen molar-refractivity contribution >= 4 is 69.9 Å². The molecule has 0 bridgehead atoms. The Hall–Kier alpha value is -3.02. The van der Waals surface area contributed by atoms with Gasteiger partial charge in [0.15, 0.2) is 11.6 Å². The molecule has 0 spiro atoms. The molecule has 0 unspecified atom stereocenters. The van der Waals surface area contributed by atoms with Crippen LogP contribution >= 0.6 is 46.7 Å². The molecule has 0 aromatic heterocycles. The van der Waals surface area contributed by atoms with Crippen LogP contribution in [0.2, 0.25) is 10.0 Å². The summed E-state index contributed by atoms with van der Waals surface area (Å²) in [6.45, 7) is 0. The van der Waals surface area contributed by atoms with Gasteiger partial charge in [-0.2, -0.15) is 5.26 Å². The number of benzene rings is 3. The average Bonchev–Trinajstić information content (AvgIpc) is 2.86. The van der Waals surface area contributed by atoms with Gasteiger partial charge in [-0.1, -0.05) is 41.4 Å². The molecule has 0 saturated heterocycles. The van der Waals surface area contributed by atoms with E-state index in [0.29, 0.717) is 26.9 Å². The number of para-hydroxylation sites is 1. The number of halogens is 2. The maximum Gasteiger partial charge on any atom is 0.268 e. The average molecular weight is 541 g/mol. The first kappa shape index (κ1) is 26.6. The zero-order valence-corrected chi connectivity index (χ0v) is 21.3. The smallest absolute Gasteiger partial charge is 0.268 e. The molecule has 5 nitrogen and oxygen atoms in total. The van der Waals surface area contributed by atoms with Gasteiger partial charge in [0.2, 0.25) is 0 Å². The van der Waals surface area contributed by atoms with Crippen molar-refractivity contribution in [3.63, 3.8) is 0 Å². The fourth-order valence-electron chi connectivity index (χ4n) is 2.79. The fourth-order valence-corrected chi connectivity index (χ4v) is 5.15. The van der Waals surface area contributed by atoms with E-state index in [0.717, 1.165) is 23.5 Å². The molecule has 0 radical (unpaired) electrons. The molecular formula is C26H18Cl2N2O3S2. The van der Waals surface area contributed by atoms with Gasteiger partial charge in [0.1, 0.15) is 11.6 Å². The first-order chi connectivity index (χ1) is 16.9. The Kier molecular flexibility index (Phi) is 10.0. The van der Waals surface area contributed by atoms with E-state index in [1.165, 1.54) is 0 Å². The van der Waals surface area contributed by atoms with E-state index in [9.17, 15) is 19.6 Å². The van der Waals surface area contributed by atoms with Gasteiger partial charge in [0, 0.05) is 26.9 Å². The van der Waals surface area contributed by atoms with Crippen LogP contribution in [0.4, 0.5) is 5.69 Å². The Morgan fingerprint density at radius 3 is 1.63 bits per heavy atom. The highest BCUT2D eigenvalue weighted by Crippen LogP contribution is 2.33. The molecule has 0 aliphatic rings. The van der Waals surface area contributed by atoms with Crippen molar-refractivity contribution in [2.45, 2.75) is 0 Å². The Bertz CT molecular complexity index is 1220. The summed E-state index contributed by atoms with van der Waals surface area (Å²) in [6, 6.07) is 23.5. The third kappa shape index (κ3) is 8.01. The van der Waals surface area contributed by atoms with Gasteiger partial charge in [-0.3, -0.25) is 14.4 Å². The molecule has 9 heteroatoms. The van der Waals surface area contributed by atoms with Crippen LogP contribution in [0.15, 0.2) is 88.7 Å². The van der Waals surface area contributed by atoms with Crippen molar-refractivity contribution in [1.29, 1.82) is 5.26 Å². The lowest BCUT2D eigenvalue weighted by Gasteiger charge is -2.11. The number of thioether (sulfide) groups is 2. The molecule has 0 aliphatic carbocycles. The molecule has 0 fully saturated rings. The van der Waals surface area contributed by atoms with Gasteiger partial charge in [-0.05, 0) is 60.7 Å². The summed E-state index contributed by atoms with van der Waals surface area (Å²) in [6.07, 6.45) is 0. The number of Topliss-reactive ketones (excluding diaryl/α,β-unsaturated/α-hetero) is 2. The molecule has 1 amide bonds. The van der Waals surface area contributed by atoms with Crippen LogP contribution in [0.3, 0.4) is 0 Å². The number of carbonyl (C=O) groups excluding carboxylic acids is 3. The number of nitriles is 1. The Labute approximate surface area is 221 Å². The second kappa shape index (κ2) is 13.2. The van der Waals surface area contributed by atoms with Crippen molar-refractivity contribution in [2.75, 3.05) is 16.8 Å². The lowest BCUT2D eigenvalue weighted by atomic mass is 10.1. The van der Waals surface area contributed by atoms with Crippen LogP contribution in [0.1, 0.15) is 20.7 Å². The summed E-state index contributed by atoms with van der Waals surface area (Å²) >= 11 is 13.9. The number of hydrogen-bond acceptors (Lipinski definition) is 6. The van der Waals surface area contributed by atoms with Crippen LogP contribution in [-0.4, -0.2) is 29.0 Å². The maximum atomic E-state index is 12.9. The molecule has 0 aliphatic heterocycles. The van der Waals surface area contributed by atoms with Crippen LogP contribution in [0.5, 0.6) is 0 Å². The van der Waals surface area contributed by atoms with Crippen molar-refractivity contribution in [3.05, 3.63) is 110 Å². The fraction of sp³-hybridized carbons (Fsp3) is 0.0769. The number of nitrogens with one attached hydrogen (secondary N) is 1. The van der Waals surface area contributed by atoms with Crippen LogP contribution in [0.25, 0.3) is 0 Å². The largest absolute Gasteiger partial charge is 0.321 e. The van der Waals surface area contributed by atoms with Crippen molar-refractivity contribution < 1.29 is 14.4 Å². The quantitative estimate of drug-likeness (QED) is 0.171. The summed E-state index contributed by atoms with van der Waals surface area (Å²) in [5.74, 6) is -1.07. The highest BCUT2D eigenvalue weighted by molar-refractivity contribution is 8.22. The molecule has 35 heavy (non-hydrogen) atoms. The number of ketones is 2. The lowest BCUT2D eigenvalue weighted by molar-refractivity contribution is -0.112. The monoisotopic (exact) mass is 540 g/mol. The topological polar surface area (TPSA) is 87.0 Å². The van der Waals surface area contributed by atoms with E-state index in [-0.39, 0.29) is 32.9 Å². The van der Waals surface area contributed by atoms with Gasteiger partial charge in [0.05, 0.1) is 15.7 Å². The van der Waals surface area contributed by atoms with E-state index < -0.39 is 5.91 Å². The first-order valence-electron chi connectivity index (χ1n) is 10.2. The van der Waals surface area contributed by atoms with Gasteiger partial charge in [0.25, 0.3) is 5.91 Å². The second-order valence-corrected chi connectivity index (χ2v) is 10.1. The molecule has 0 heterocycles. The van der Waals surface area contributed by atoms with E-state index >= 15 is 0 Å². The van der Waals surface area contributed by atoms with E-state index in [1.807, 2.05) is 6.07 Å². The lowest BCUT2D eigenvalue weighted by Crippen LogP contribution is -2.15. The van der Waals surface area contributed by atoms with E-state index in [1.54, 1.807) is 78.9 Å². The minimum absolute atomic E-state index is 0.0249. The first-order valence-corrected chi connectivity index (χ1v) is 12.9. The number of nitrogens with zero attached hydrogens (tertiary/aromatic N) is 1. The normalized spacial score (nSPS) is 10.2. The molecule has 1 N–H and O–H groups in total. The van der Waals surface area contributed by atoms with Gasteiger partial charge >= 0.3 is 0 Å². The van der Waals surface area contributed by atoms with Crippen LogP contribution in [0, 0.1) is 11.3 Å². The summed E-state index contributed by atoms with van der Waals surface area (Å²) in [5.41, 5.74) is 1.26. The Morgan fingerprint density at radius 1 is 0.743 bits per heavy atom. The summed E-state index contributed by atoms with van der Waals surface area (Å²) in [7, 11) is 0. The predicted molar refractivity (Wildman–Crippen MR) is 144 cm³/mol. The number of carbonyl (C=O) groups is 3. The second-order valence-electron chi connectivity index (χ2n) is 7.03. The number of anilines is 1. The molecule has 0 saturated carbocycles. The summed E-state index contributed by atoms with van der Waals surface area (Å²) in [4.78, 5) is 38.2. The third-order valence-corrected chi connectivity index (χ3v) is 7.53. The minimum Gasteiger partial charge on any atom is -0.321 e. The van der Waals surface area contributed by atoms with Crippen LogP contribution in [-0.2, 0) is 4.79 Å². The molecule has 3 aromatic rings. The summed E-state index contributed by atoms with van der Waals surface area (Å²) < 4.78 is 0.283. The number of rotatable bonds is 10. The standard InChI is InChI=1S/C26H18Cl2N2O3S2/c27-19-10-6-17(7-11-19)23(31)15-34-26(35-16-24(32)18-8-12-20(28)13-9-18)22(14-29)25(33)30-21-4-2-1-3-5-21/h1-13H,15-16H2,(H,30,33). The minimum atomic E-state index is -0.619. The van der Waals surface area contributed by atoms with Crippen molar-refractivity contribution in [2.24, 2.45) is 0 Å². The van der Waals surface area contributed by atoms with E-state index in [2.05, 4.69) is 5.32 Å². The molecule has 176 valence electrons. The molecular weight excluding hydrogens is 523 g/mol. The molecule has 3 rings (SSSR count). The van der Waals surface area contributed by atoms with Crippen LogP contribution < -0.4 is 5.32 Å². The zero-order valence-electron chi connectivity index (χ0n) is 18.2. The molecule has 0 atom stereocenters. The van der Waals surface area contributed by atoms with Gasteiger partial charge in [-0.15, -0.1) is 23.5 Å². The maximum absolute atomic E-state index is 12.9. The Morgan fingerprint density at radius 2 is 1.20 bits per heavy atom. The SMILES string of the molecule is N#CC(C(=O)Nc1ccccc1)=C(SCC(=O)c1ccc(Cl)cc1)SCC(=O)c1ccc(Cl)cc1. The number of hydrogen-bond donors (Lipinski definition) is 1. The highest BCUT2D eigenvalue weighted by Gasteiger charge is 2.20. The van der Waals surface area contributed by atoms with Crippen molar-refractivity contribution in [3.8, 4) is 6.07 Å². The third-order valence-electron chi connectivity index (χ3n) is 4.58. The number of amides is 1. The highest BCUT2D eigenvalue weighted by atomic mass is 35.5. The molecule has 3 aromatic carbocycles. The van der Waals surface area contributed by atoms with Crippen molar-refractivity contribution in [1.82, 2.24) is 0 Å². The predicted octanol–water partition coefficient (Wildman–Crippen LogP) is 6.90. The zero-order chi connectivity index (χ0) is 25.2. The van der Waals surface area contributed by atoms with Gasteiger partial charge < -0.3 is 5.32 Å². The van der Waals surface area contributed by atoms with E-state index in [4.69, 9.17) is 23.2 Å².